The second-order valence-corrected chi connectivity index (χ2v) is 9.86. The highest BCUT2D eigenvalue weighted by Gasteiger charge is 2.47. The molecule has 0 bridgehead atoms. The van der Waals surface area contributed by atoms with Crippen molar-refractivity contribution in [2.45, 2.75) is 32.9 Å². The summed E-state index contributed by atoms with van der Waals surface area (Å²) in [6.07, 6.45) is 3.25. The van der Waals surface area contributed by atoms with Crippen molar-refractivity contribution in [2.24, 2.45) is 0 Å². The van der Waals surface area contributed by atoms with Crippen LogP contribution < -0.4 is 9.64 Å². The van der Waals surface area contributed by atoms with Crippen molar-refractivity contribution in [1.29, 1.82) is 0 Å². The molecule has 0 aliphatic carbocycles. The monoisotopic (exact) mass is 562 g/mol. The number of hydrogen-bond donors (Lipinski definition) is 1. The zero-order chi connectivity index (χ0) is 29.6. The highest BCUT2D eigenvalue weighted by atomic mass is 16.5. The molecule has 1 atom stereocenters. The van der Waals surface area contributed by atoms with E-state index in [0.29, 0.717) is 34.7 Å². The summed E-state index contributed by atoms with van der Waals surface area (Å²) >= 11 is 0. The molecule has 4 aromatic rings. The normalized spacial score (nSPS) is 16.0. The van der Waals surface area contributed by atoms with E-state index in [1.54, 1.807) is 73.9 Å². The first-order valence-corrected chi connectivity index (χ1v) is 13.6. The van der Waals surface area contributed by atoms with Gasteiger partial charge in [-0.05, 0) is 72.5 Å². The molecule has 42 heavy (non-hydrogen) atoms. The Morgan fingerprint density at radius 3 is 2.38 bits per heavy atom. The summed E-state index contributed by atoms with van der Waals surface area (Å²) in [7, 11) is 0. The lowest BCUT2D eigenvalue weighted by molar-refractivity contribution is -0.142. The number of Topliss-reactive ketones (excluding diaryl/α,β-unsaturated/α-hetero) is 1. The van der Waals surface area contributed by atoms with Gasteiger partial charge in [0.25, 0.3) is 11.7 Å². The second-order valence-electron chi connectivity index (χ2n) is 9.86. The van der Waals surface area contributed by atoms with Gasteiger partial charge in [-0.2, -0.15) is 0 Å². The van der Waals surface area contributed by atoms with Crippen LogP contribution in [0, 0.1) is 6.92 Å². The molecular weight excluding hydrogens is 532 g/mol. The minimum atomic E-state index is -0.913. The van der Waals surface area contributed by atoms with E-state index in [-0.39, 0.29) is 30.3 Å². The summed E-state index contributed by atoms with van der Waals surface area (Å²) < 4.78 is 11.0. The topological polar surface area (TPSA) is 106 Å². The number of nitrogens with zero attached hydrogens (tertiary/aromatic N) is 2. The van der Waals surface area contributed by atoms with Gasteiger partial charge in [0.2, 0.25) is 0 Å². The van der Waals surface area contributed by atoms with E-state index in [1.807, 2.05) is 37.3 Å². The van der Waals surface area contributed by atoms with Gasteiger partial charge in [-0.25, -0.2) is 0 Å². The molecule has 8 nitrogen and oxygen atoms in total. The standard InChI is InChI=1S/C34H30N2O6/c1-3-41-29(37)19-23-11-14-27(15-12-23)36-31(26-10-7-17-35-20-26)30(33(39)34(36)40)32(38)25-13-16-28(22(2)18-25)42-21-24-8-5-4-6-9-24/h4-18,20,31,38H,3,19,21H2,1-2H3/b32-30-. The number of hydrogen-bond acceptors (Lipinski definition) is 7. The maximum atomic E-state index is 13.5. The minimum Gasteiger partial charge on any atom is -0.507 e. The molecule has 1 amide bonds. The number of ketones is 1. The lowest BCUT2D eigenvalue weighted by Crippen LogP contribution is -2.29. The smallest absolute Gasteiger partial charge is 0.310 e. The molecule has 1 aliphatic heterocycles. The lowest BCUT2D eigenvalue weighted by Gasteiger charge is -2.25. The average Bonchev–Trinajstić information content (AvgIpc) is 3.27. The fourth-order valence-electron chi connectivity index (χ4n) is 4.95. The number of ether oxygens (including phenoxy) is 2. The predicted molar refractivity (Wildman–Crippen MR) is 158 cm³/mol. The van der Waals surface area contributed by atoms with Crippen LogP contribution in [-0.2, 0) is 32.1 Å². The second kappa shape index (κ2) is 12.5. The molecule has 1 unspecified atom stereocenters. The Labute approximate surface area is 243 Å². The fraction of sp³-hybridized carbons (Fsp3) is 0.176. The van der Waals surface area contributed by atoms with Crippen molar-refractivity contribution in [3.63, 3.8) is 0 Å². The number of amides is 1. The number of aliphatic hydroxyl groups excluding tert-OH is 1. The maximum Gasteiger partial charge on any atom is 0.310 e. The summed E-state index contributed by atoms with van der Waals surface area (Å²) in [6.45, 7) is 4.27. The van der Waals surface area contributed by atoms with Gasteiger partial charge >= 0.3 is 5.97 Å². The Balaban J connectivity index is 1.49. The van der Waals surface area contributed by atoms with Crippen LogP contribution in [0.3, 0.4) is 0 Å². The van der Waals surface area contributed by atoms with E-state index in [4.69, 9.17) is 9.47 Å². The van der Waals surface area contributed by atoms with Crippen molar-refractivity contribution in [1.82, 2.24) is 4.98 Å². The Kier molecular flexibility index (Phi) is 8.43. The summed E-state index contributed by atoms with van der Waals surface area (Å²) in [5.41, 5.74) is 3.84. The minimum absolute atomic E-state index is 0.0408. The zero-order valence-corrected chi connectivity index (χ0v) is 23.3. The van der Waals surface area contributed by atoms with Crippen LogP contribution in [0.5, 0.6) is 5.75 Å². The van der Waals surface area contributed by atoms with E-state index >= 15 is 0 Å². The number of aromatic nitrogens is 1. The van der Waals surface area contributed by atoms with Gasteiger partial charge in [0.05, 0.1) is 24.6 Å². The molecule has 3 aromatic carbocycles. The van der Waals surface area contributed by atoms with Crippen molar-refractivity contribution >= 4 is 29.1 Å². The van der Waals surface area contributed by atoms with Gasteiger partial charge in [0.15, 0.2) is 0 Å². The van der Waals surface area contributed by atoms with Crippen LogP contribution in [0.1, 0.15) is 40.8 Å². The van der Waals surface area contributed by atoms with Crippen LogP contribution in [0.25, 0.3) is 5.76 Å². The van der Waals surface area contributed by atoms with Gasteiger partial charge in [-0.15, -0.1) is 0 Å². The Bertz CT molecular complexity index is 1630. The van der Waals surface area contributed by atoms with E-state index in [1.165, 1.54) is 4.90 Å². The maximum absolute atomic E-state index is 13.5. The van der Waals surface area contributed by atoms with Crippen LogP contribution >= 0.6 is 0 Å². The average molecular weight is 563 g/mol. The number of esters is 1. The summed E-state index contributed by atoms with van der Waals surface area (Å²) in [5.74, 6) is -1.58. The molecule has 1 saturated heterocycles. The molecule has 1 N–H and O–H groups in total. The van der Waals surface area contributed by atoms with Gasteiger partial charge in [-0.3, -0.25) is 24.3 Å². The number of benzene rings is 3. The van der Waals surface area contributed by atoms with E-state index in [9.17, 15) is 19.5 Å². The highest BCUT2D eigenvalue weighted by molar-refractivity contribution is 6.51. The first-order chi connectivity index (χ1) is 20.4. The zero-order valence-electron chi connectivity index (χ0n) is 23.3. The van der Waals surface area contributed by atoms with Crippen molar-refractivity contribution in [3.8, 4) is 5.75 Å². The molecular formula is C34H30N2O6. The van der Waals surface area contributed by atoms with E-state index in [0.717, 1.165) is 11.1 Å². The summed E-state index contributed by atoms with van der Waals surface area (Å²) in [5, 5.41) is 11.5. The van der Waals surface area contributed by atoms with E-state index in [2.05, 4.69) is 4.98 Å². The Morgan fingerprint density at radius 2 is 1.71 bits per heavy atom. The van der Waals surface area contributed by atoms with E-state index < -0.39 is 17.7 Å². The molecule has 2 heterocycles. The lowest BCUT2D eigenvalue weighted by atomic mass is 9.95. The Hall–Kier alpha value is -5.24. The third-order valence-corrected chi connectivity index (χ3v) is 7.00. The number of aryl methyl sites for hydroxylation is 1. The number of carbonyl (C=O) groups excluding carboxylic acids is 3. The highest BCUT2D eigenvalue weighted by Crippen LogP contribution is 2.42. The molecule has 8 heteroatoms. The molecule has 1 aromatic heterocycles. The molecule has 0 saturated carbocycles. The third-order valence-electron chi connectivity index (χ3n) is 7.00. The number of carbonyl (C=O) groups is 3. The van der Waals surface area contributed by atoms with Gasteiger partial charge in [-0.1, -0.05) is 48.5 Å². The van der Waals surface area contributed by atoms with Gasteiger partial charge in [0.1, 0.15) is 18.1 Å². The number of anilines is 1. The molecule has 0 spiro atoms. The molecule has 1 aliphatic rings. The van der Waals surface area contributed by atoms with Crippen LogP contribution in [0.15, 0.2) is 103 Å². The Morgan fingerprint density at radius 1 is 0.952 bits per heavy atom. The van der Waals surface area contributed by atoms with Crippen molar-refractivity contribution < 1.29 is 29.0 Å². The van der Waals surface area contributed by atoms with Crippen molar-refractivity contribution in [3.05, 3.63) is 131 Å². The first-order valence-electron chi connectivity index (χ1n) is 13.6. The number of aliphatic hydroxyl groups is 1. The SMILES string of the molecule is CCOC(=O)Cc1ccc(N2C(=O)C(=O)/C(=C(\O)c3ccc(OCc4ccccc4)c(C)c3)C2c2cccnc2)cc1. The number of pyridine rings is 1. The third kappa shape index (κ3) is 5.93. The predicted octanol–water partition coefficient (Wildman–Crippen LogP) is 5.70. The molecule has 1 fully saturated rings. The molecule has 5 rings (SSSR count). The summed E-state index contributed by atoms with van der Waals surface area (Å²) in [6, 6.07) is 24.2. The number of rotatable bonds is 9. The quantitative estimate of drug-likeness (QED) is 0.121. The summed E-state index contributed by atoms with van der Waals surface area (Å²) in [4.78, 5) is 44.4. The van der Waals surface area contributed by atoms with Gasteiger partial charge in [0, 0.05) is 23.6 Å². The van der Waals surface area contributed by atoms with Crippen LogP contribution in [0.2, 0.25) is 0 Å². The van der Waals surface area contributed by atoms with Gasteiger partial charge < -0.3 is 14.6 Å². The van der Waals surface area contributed by atoms with Crippen molar-refractivity contribution in [2.75, 3.05) is 11.5 Å². The largest absolute Gasteiger partial charge is 0.507 e. The molecule has 212 valence electrons. The van der Waals surface area contributed by atoms with Crippen LogP contribution in [0.4, 0.5) is 5.69 Å². The fourth-order valence-corrected chi connectivity index (χ4v) is 4.95. The molecule has 0 radical (unpaired) electrons. The first kappa shape index (κ1) is 28.3. The van der Waals surface area contributed by atoms with Crippen LogP contribution in [-0.4, -0.2) is 34.4 Å².